The van der Waals surface area contributed by atoms with Crippen molar-refractivity contribution >= 4 is 11.8 Å². The zero-order chi connectivity index (χ0) is 13.8. The molecular weight excluding hydrogens is 242 g/mol. The van der Waals surface area contributed by atoms with Gasteiger partial charge in [0.05, 0.1) is 6.04 Å². The van der Waals surface area contributed by atoms with Crippen LogP contribution in [0.25, 0.3) is 0 Å². The molecule has 19 heavy (non-hydrogen) atoms. The molecular formula is C14H25N3O2. The first-order valence-corrected chi connectivity index (χ1v) is 7.44. The van der Waals surface area contributed by atoms with Crippen molar-refractivity contribution in [3.05, 3.63) is 0 Å². The van der Waals surface area contributed by atoms with E-state index >= 15 is 0 Å². The van der Waals surface area contributed by atoms with Crippen LogP contribution in [0.3, 0.4) is 0 Å². The third-order valence-corrected chi connectivity index (χ3v) is 4.08. The van der Waals surface area contributed by atoms with Gasteiger partial charge < -0.3 is 16.0 Å². The number of carbonyl (C=O) groups excluding carboxylic acids is 2. The molecule has 1 saturated carbocycles. The summed E-state index contributed by atoms with van der Waals surface area (Å²) in [5.74, 6) is 0.503. The highest BCUT2D eigenvalue weighted by molar-refractivity contribution is 5.89. The summed E-state index contributed by atoms with van der Waals surface area (Å²) in [4.78, 5) is 23.9. The number of hydrogen-bond acceptors (Lipinski definition) is 3. The van der Waals surface area contributed by atoms with Crippen LogP contribution in [0.2, 0.25) is 0 Å². The van der Waals surface area contributed by atoms with Crippen molar-refractivity contribution in [1.82, 2.24) is 16.0 Å². The van der Waals surface area contributed by atoms with E-state index in [9.17, 15) is 9.59 Å². The molecule has 1 saturated heterocycles. The number of hydrogen-bond donors (Lipinski definition) is 3. The molecule has 5 nitrogen and oxygen atoms in total. The maximum Gasteiger partial charge on any atom is 0.242 e. The summed E-state index contributed by atoms with van der Waals surface area (Å²) in [7, 11) is 0. The number of carbonyl (C=O) groups is 2. The average Bonchev–Trinajstić information content (AvgIpc) is 3.22. The van der Waals surface area contributed by atoms with E-state index in [1.165, 1.54) is 0 Å². The van der Waals surface area contributed by atoms with Crippen molar-refractivity contribution in [2.24, 2.45) is 5.92 Å². The summed E-state index contributed by atoms with van der Waals surface area (Å²) in [5, 5.41) is 8.96. The molecule has 1 aliphatic carbocycles. The van der Waals surface area contributed by atoms with Gasteiger partial charge >= 0.3 is 0 Å². The number of piperidine rings is 1. The molecule has 2 aliphatic rings. The lowest BCUT2D eigenvalue weighted by Crippen LogP contribution is -2.54. The van der Waals surface area contributed by atoms with Crippen molar-refractivity contribution in [3.63, 3.8) is 0 Å². The predicted molar refractivity (Wildman–Crippen MR) is 73.6 cm³/mol. The maximum absolute atomic E-state index is 12.1. The van der Waals surface area contributed by atoms with Crippen LogP contribution < -0.4 is 16.0 Å². The molecule has 5 heteroatoms. The molecule has 2 fully saturated rings. The number of amides is 2. The van der Waals surface area contributed by atoms with Gasteiger partial charge in [0.2, 0.25) is 11.8 Å². The van der Waals surface area contributed by atoms with Crippen LogP contribution in [-0.4, -0.2) is 36.5 Å². The van der Waals surface area contributed by atoms with Gasteiger partial charge in [0, 0.05) is 6.04 Å². The Morgan fingerprint density at radius 3 is 2.68 bits per heavy atom. The summed E-state index contributed by atoms with van der Waals surface area (Å²) < 4.78 is 0. The lowest BCUT2D eigenvalue weighted by Gasteiger charge is -2.29. The molecule has 0 aromatic carbocycles. The third kappa shape index (κ3) is 4.20. The Balaban J connectivity index is 1.77. The Kier molecular flexibility index (Phi) is 4.80. The van der Waals surface area contributed by atoms with Crippen LogP contribution in [0.5, 0.6) is 0 Å². The molecule has 2 rings (SSSR count). The maximum atomic E-state index is 12.1. The Morgan fingerprint density at radius 2 is 2.05 bits per heavy atom. The van der Waals surface area contributed by atoms with E-state index in [1.807, 2.05) is 0 Å². The molecule has 108 valence electrons. The first-order chi connectivity index (χ1) is 9.10. The highest BCUT2D eigenvalue weighted by Gasteiger charge is 2.29. The summed E-state index contributed by atoms with van der Waals surface area (Å²) in [6.07, 6.45) is 5.25. The lowest BCUT2D eigenvalue weighted by atomic mass is 9.90. The second-order valence-electron chi connectivity index (χ2n) is 5.82. The predicted octanol–water partition coefficient (Wildman–Crippen LogP) is 0.548. The molecule has 1 aliphatic heterocycles. The van der Waals surface area contributed by atoms with Crippen molar-refractivity contribution in [2.75, 3.05) is 6.54 Å². The highest BCUT2D eigenvalue weighted by Crippen LogP contribution is 2.20. The van der Waals surface area contributed by atoms with E-state index in [0.717, 1.165) is 38.6 Å². The topological polar surface area (TPSA) is 70.2 Å². The summed E-state index contributed by atoms with van der Waals surface area (Å²) in [5.41, 5.74) is 0. The van der Waals surface area contributed by atoms with Gasteiger partial charge in [0.15, 0.2) is 0 Å². The smallest absolute Gasteiger partial charge is 0.242 e. The summed E-state index contributed by atoms with van der Waals surface area (Å²) in [6, 6.07) is -0.254. The second kappa shape index (κ2) is 6.37. The van der Waals surface area contributed by atoms with E-state index in [0.29, 0.717) is 12.0 Å². The lowest BCUT2D eigenvalue weighted by molar-refractivity contribution is -0.130. The minimum absolute atomic E-state index is 0.0448. The van der Waals surface area contributed by atoms with Crippen LogP contribution in [0, 0.1) is 5.92 Å². The van der Waals surface area contributed by atoms with Crippen LogP contribution >= 0.6 is 0 Å². The zero-order valence-electron chi connectivity index (χ0n) is 11.9. The fourth-order valence-corrected chi connectivity index (χ4v) is 2.50. The van der Waals surface area contributed by atoms with Crippen molar-refractivity contribution in [1.29, 1.82) is 0 Å². The normalized spacial score (nSPS) is 28.5. The molecule has 0 aromatic rings. The fourth-order valence-electron chi connectivity index (χ4n) is 2.50. The second-order valence-corrected chi connectivity index (χ2v) is 5.82. The minimum Gasteiger partial charge on any atom is -0.352 e. The Morgan fingerprint density at radius 1 is 1.32 bits per heavy atom. The Hall–Kier alpha value is -1.10. The van der Waals surface area contributed by atoms with E-state index < -0.39 is 6.04 Å². The van der Waals surface area contributed by atoms with E-state index in [4.69, 9.17) is 0 Å². The molecule has 3 atom stereocenters. The summed E-state index contributed by atoms with van der Waals surface area (Å²) in [6.45, 7) is 4.80. The molecule has 0 radical (unpaired) electrons. The highest BCUT2D eigenvalue weighted by atomic mass is 16.2. The first kappa shape index (κ1) is 14.3. The number of rotatable bonds is 5. The largest absolute Gasteiger partial charge is 0.352 e. The van der Waals surface area contributed by atoms with Crippen molar-refractivity contribution in [2.45, 2.75) is 64.1 Å². The molecule has 2 amide bonds. The molecule has 0 aromatic heterocycles. The van der Waals surface area contributed by atoms with Gasteiger partial charge in [-0.3, -0.25) is 9.59 Å². The molecule has 0 bridgehead atoms. The molecule has 3 unspecified atom stereocenters. The van der Waals surface area contributed by atoms with Gasteiger partial charge in [0.25, 0.3) is 0 Å². The Labute approximate surface area is 114 Å². The average molecular weight is 267 g/mol. The van der Waals surface area contributed by atoms with Gasteiger partial charge in [0.1, 0.15) is 6.04 Å². The number of nitrogens with one attached hydrogen (secondary N) is 3. The Bertz CT molecular complexity index is 342. The fraction of sp³-hybridized carbons (Fsp3) is 0.857. The SMILES string of the molecule is CCC1CCNC(C(=O)NC(C)C(=O)NC2CC2)C1. The first-order valence-electron chi connectivity index (χ1n) is 7.44. The quantitative estimate of drug-likeness (QED) is 0.681. The van der Waals surface area contributed by atoms with Gasteiger partial charge in [-0.15, -0.1) is 0 Å². The van der Waals surface area contributed by atoms with Gasteiger partial charge in [-0.25, -0.2) is 0 Å². The standard InChI is InChI=1S/C14H25N3O2/c1-3-10-6-7-15-12(8-10)14(19)16-9(2)13(18)17-11-4-5-11/h9-12,15H,3-8H2,1-2H3,(H,16,19)(H,17,18). The van der Waals surface area contributed by atoms with Gasteiger partial charge in [-0.1, -0.05) is 13.3 Å². The van der Waals surface area contributed by atoms with Crippen molar-refractivity contribution in [3.8, 4) is 0 Å². The van der Waals surface area contributed by atoms with Gasteiger partial charge in [-0.05, 0) is 45.1 Å². The van der Waals surface area contributed by atoms with Crippen molar-refractivity contribution < 1.29 is 9.59 Å². The van der Waals surface area contributed by atoms with Crippen LogP contribution in [0.4, 0.5) is 0 Å². The van der Waals surface area contributed by atoms with Crippen LogP contribution in [0.1, 0.15) is 46.0 Å². The summed E-state index contributed by atoms with van der Waals surface area (Å²) >= 11 is 0. The van der Waals surface area contributed by atoms with Crippen LogP contribution in [-0.2, 0) is 9.59 Å². The molecule has 3 N–H and O–H groups in total. The third-order valence-electron chi connectivity index (χ3n) is 4.08. The molecule has 0 spiro atoms. The van der Waals surface area contributed by atoms with E-state index in [1.54, 1.807) is 6.92 Å². The van der Waals surface area contributed by atoms with E-state index in [-0.39, 0.29) is 17.9 Å². The molecule has 1 heterocycles. The monoisotopic (exact) mass is 267 g/mol. The van der Waals surface area contributed by atoms with E-state index in [2.05, 4.69) is 22.9 Å². The van der Waals surface area contributed by atoms with Gasteiger partial charge in [-0.2, -0.15) is 0 Å². The minimum atomic E-state index is -0.447. The van der Waals surface area contributed by atoms with Crippen LogP contribution in [0.15, 0.2) is 0 Å². The zero-order valence-corrected chi connectivity index (χ0v) is 11.9.